The molecule has 26 heteroatoms. The fraction of sp³-hybridized carbons (Fsp3) is 0.535. The SMILES string of the molecule is Cc1cc(C(=O)c2ccc(-c3cnn(CC45CC6(OCCN7CCOCC7)C[C@](C)(C4)C[C@](C)(C5)C6)c3C)c(C(=O)NS(=O)(=O)CCCCCC(=O)N[C@H](C(=O)N3C[C@@H](O)C[C@H]3C(=O)N[C@@H](C)c3ccc(-c4scnc4C)cc3)C(C)(C)C)n2)nnc1Nc1nc2ccccc2s1. The molecule has 516 valence electrons. The molecular formula is C71H89N13O10S3. The number of β-amino-alcohol motifs (C(OH)–C–C–N with tert-alkyl or cyclic N) is 1. The molecule has 4 amide bonds. The highest BCUT2D eigenvalue weighted by molar-refractivity contribution is 7.90. The van der Waals surface area contributed by atoms with Crippen LogP contribution >= 0.6 is 22.7 Å². The zero-order valence-corrected chi connectivity index (χ0v) is 59.3. The minimum absolute atomic E-state index is 0.0297. The number of fused-ring (bicyclic) bond motifs is 1. The molecule has 8 atom stereocenters. The van der Waals surface area contributed by atoms with Gasteiger partial charge in [0.2, 0.25) is 33.5 Å². The van der Waals surface area contributed by atoms with Crippen LogP contribution in [0.4, 0.5) is 10.9 Å². The van der Waals surface area contributed by atoms with Crippen LogP contribution in [0.2, 0.25) is 0 Å². The third-order valence-electron chi connectivity index (χ3n) is 20.2. The van der Waals surface area contributed by atoms with E-state index >= 15 is 0 Å². The number of ether oxygens (including phenoxy) is 2. The van der Waals surface area contributed by atoms with Crippen LogP contribution in [0.3, 0.4) is 0 Å². The van der Waals surface area contributed by atoms with Crippen LogP contribution in [0.5, 0.6) is 0 Å². The van der Waals surface area contributed by atoms with E-state index < -0.39 is 74.8 Å². The van der Waals surface area contributed by atoms with Crippen LogP contribution in [0.25, 0.3) is 31.8 Å². The fourth-order valence-electron chi connectivity index (χ4n) is 16.7. The molecule has 2 aliphatic heterocycles. The number of carbonyl (C=O) groups is 5. The summed E-state index contributed by atoms with van der Waals surface area (Å²) in [6.07, 6.45) is 7.42. The number of likely N-dealkylation sites (tertiary alicyclic amines) is 1. The number of nitrogens with one attached hydrogen (secondary N) is 4. The zero-order chi connectivity index (χ0) is 68.8. The summed E-state index contributed by atoms with van der Waals surface area (Å²) in [6, 6.07) is 17.8. The quantitative estimate of drug-likeness (QED) is 0.0263. The van der Waals surface area contributed by atoms with Gasteiger partial charge in [-0.1, -0.05) is 88.8 Å². The van der Waals surface area contributed by atoms with Crippen molar-refractivity contribution in [2.45, 2.75) is 169 Å². The number of pyridine rings is 1. The molecule has 7 aromatic rings. The summed E-state index contributed by atoms with van der Waals surface area (Å²) in [4.78, 5) is 89.5. The van der Waals surface area contributed by atoms with Crippen molar-refractivity contribution < 1.29 is 47.0 Å². The molecule has 5 aromatic heterocycles. The number of unbranched alkanes of at least 4 members (excludes halogenated alkanes) is 2. The number of aromatic nitrogens is 7. The van der Waals surface area contributed by atoms with Crippen molar-refractivity contribution >= 4 is 83.3 Å². The van der Waals surface area contributed by atoms with Gasteiger partial charge in [-0.15, -0.1) is 21.5 Å². The van der Waals surface area contributed by atoms with Gasteiger partial charge >= 0.3 is 0 Å². The molecule has 0 radical (unpaired) electrons. The van der Waals surface area contributed by atoms with Gasteiger partial charge in [-0.25, -0.2) is 28.1 Å². The number of anilines is 2. The summed E-state index contributed by atoms with van der Waals surface area (Å²) in [5.74, 6) is -3.14. The van der Waals surface area contributed by atoms with E-state index in [1.165, 1.54) is 22.3 Å². The average Bonchev–Trinajstić information content (AvgIpc) is 1.10. The number of hydrogen-bond acceptors (Lipinski definition) is 20. The van der Waals surface area contributed by atoms with Gasteiger partial charge < -0.3 is 35.4 Å². The van der Waals surface area contributed by atoms with Crippen LogP contribution in [0.1, 0.15) is 167 Å². The normalized spacial score (nSPS) is 23.9. The van der Waals surface area contributed by atoms with Gasteiger partial charge in [0.1, 0.15) is 29.2 Å². The Bertz CT molecular complexity index is 4180. The second-order valence-corrected chi connectivity index (χ2v) is 33.4. The van der Waals surface area contributed by atoms with E-state index in [2.05, 4.69) is 64.6 Å². The second-order valence-electron chi connectivity index (χ2n) is 29.7. The predicted molar refractivity (Wildman–Crippen MR) is 372 cm³/mol. The van der Waals surface area contributed by atoms with E-state index in [4.69, 9.17) is 14.6 Å². The number of hydrogen-bond donors (Lipinski definition) is 5. The summed E-state index contributed by atoms with van der Waals surface area (Å²) in [6.45, 7) is 23.1. The number of aryl methyl sites for hydroxylation is 2. The topological polar surface area (TPSA) is 295 Å². The van der Waals surface area contributed by atoms with Gasteiger partial charge in [-0.2, -0.15) is 5.10 Å². The monoisotopic (exact) mass is 1380 g/mol. The lowest BCUT2D eigenvalue weighted by atomic mass is 9.39. The molecule has 4 aliphatic carbocycles. The Morgan fingerprint density at radius 3 is 2.30 bits per heavy atom. The van der Waals surface area contributed by atoms with E-state index in [0.717, 1.165) is 109 Å². The molecule has 23 nitrogen and oxygen atoms in total. The van der Waals surface area contributed by atoms with Crippen molar-refractivity contribution in [3.8, 4) is 21.6 Å². The molecule has 2 unspecified atom stereocenters. The van der Waals surface area contributed by atoms with Crippen LogP contribution in [-0.2, 0) is 40.4 Å². The molecule has 13 rings (SSSR count). The van der Waals surface area contributed by atoms with Crippen molar-refractivity contribution in [2.75, 3.05) is 57.1 Å². The summed E-state index contributed by atoms with van der Waals surface area (Å²) >= 11 is 3.00. The number of thiazole rings is 2. The van der Waals surface area contributed by atoms with Crippen LogP contribution in [0, 0.1) is 42.4 Å². The van der Waals surface area contributed by atoms with Gasteiger partial charge in [-0.05, 0) is 148 Å². The van der Waals surface area contributed by atoms with Crippen molar-refractivity contribution in [1.82, 2.24) is 60.1 Å². The Balaban J connectivity index is 0.709. The largest absolute Gasteiger partial charge is 0.391 e. The van der Waals surface area contributed by atoms with Crippen molar-refractivity contribution in [1.29, 1.82) is 0 Å². The Morgan fingerprint density at radius 2 is 1.60 bits per heavy atom. The van der Waals surface area contributed by atoms with Crippen molar-refractivity contribution in [2.24, 2.45) is 21.7 Å². The number of para-hydroxylation sites is 1. The minimum Gasteiger partial charge on any atom is -0.391 e. The maximum atomic E-state index is 14.7. The molecule has 97 heavy (non-hydrogen) atoms. The third-order valence-corrected chi connectivity index (χ3v) is 23.4. The van der Waals surface area contributed by atoms with Crippen molar-refractivity contribution in [3.05, 3.63) is 118 Å². The van der Waals surface area contributed by atoms with E-state index in [1.54, 1.807) is 62.9 Å². The standard InChI is InChI=1S/C71H89N13O10S3/c1-43-31-54(79-80-62(43)78-66-76-52-15-12-13-16-56(52)96-66)59(87)53-23-22-50(51-33-73-84(46(51)4)41-70-36-68(8)35-69(9,37-70)39-71(38-68,40-70)94-29-26-82-24-27-93-28-25-82)58(75-53)64(89)81-97(91,92)30-14-10-11-17-57(86)77-61(67(5,6)7)65(90)83-34-49(85)32-55(83)63(88)74-44(2)47-18-20-48(21-19-47)60-45(3)72-42-95-60/h12-13,15-16,18-23,31,33,42,44,49,55,61,85H,10-11,14,17,24-30,32,34-41H2,1-9H3,(H,74,88)(H,77,86)(H,81,89)(H,76,78,80)/t44-,49-,55-,61+,68-,69+,70?,71?/m0/s1. The molecule has 2 saturated heterocycles. The number of carbonyl (C=O) groups excluding carboxylic acids is 5. The summed E-state index contributed by atoms with van der Waals surface area (Å²) in [5.41, 5.74) is 6.11. The average molecular weight is 1380 g/mol. The van der Waals surface area contributed by atoms with Gasteiger partial charge in [0, 0.05) is 62.4 Å². The number of rotatable bonds is 25. The van der Waals surface area contributed by atoms with Gasteiger partial charge in [-0.3, -0.25) is 33.6 Å². The molecule has 5 N–H and O–H groups in total. The number of benzene rings is 2. The third kappa shape index (κ3) is 15.5. The highest BCUT2D eigenvalue weighted by atomic mass is 32.2. The number of nitrogens with zero attached hydrogens (tertiary/aromatic N) is 9. The number of amides is 4. The van der Waals surface area contributed by atoms with Gasteiger partial charge in [0.25, 0.3) is 5.91 Å². The number of sulfonamides is 1. The number of aliphatic hydroxyl groups is 1. The smallest absolute Gasteiger partial charge is 0.283 e. The molecule has 2 aromatic carbocycles. The van der Waals surface area contributed by atoms with E-state index in [-0.39, 0.29) is 83.1 Å². The van der Waals surface area contributed by atoms with Gasteiger partial charge in [0.05, 0.1) is 75.8 Å². The van der Waals surface area contributed by atoms with Crippen LogP contribution < -0.4 is 20.7 Å². The number of morpholine rings is 1. The molecule has 7 heterocycles. The van der Waals surface area contributed by atoms with Crippen LogP contribution in [0.15, 0.2) is 78.4 Å². The lowest BCUT2D eigenvalue weighted by Crippen LogP contribution is -2.64. The first-order chi connectivity index (χ1) is 46.1. The van der Waals surface area contributed by atoms with Crippen LogP contribution in [-0.4, -0.2) is 163 Å². The summed E-state index contributed by atoms with van der Waals surface area (Å²) in [7, 11) is -4.34. The Kier molecular flexibility index (Phi) is 19.8. The lowest BCUT2D eigenvalue weighted by molar-refractivity contribution is -0.249. The zero-order valence-electron chi connectivity index (χ0n) is 56.8. The van der Waals surface area contributed by atoms with E-state index in [1.807, 2.05) is 74.0 Å². The second kappa shape index (κ2) is 27.7. The minimum atomic E-state index is -4.34. The summed E-state index contributed by atoms with van der Waals surface area (Å²) in [5, 5.41) is 34.1. The predicted octanol–water partition coefficient (Wildman–Crippen LogP) is 9.83. The first kappa shape index (κ1) is 69.4. The highest BCUT2D eigenvalue weighted by Crippen LogP contribution is 2.72. The van der Waals surface area contributed by atoms with E-state index in [0.29, 0.717) is 35.2 Å². The number of aliphatic hydroxyl groups excluding tert-OH is 1. The first-order valence-electron chi connectivity index (χ1n) is 33.7. The Hall–Kier alpha value is -7.46. The van der Waals surface area contributed by atoms with E-state index in [9.17, 15) is 37.5 Å². The van der Waals surface area contributed by atoms with Crippen molar-refractivity contribution in [3.63, 3.8) is 0 Å². The lowest BCUT2D eigenvalue weighted by Gasteiger charge is -2.69. The maximum absolute atomic E-state index is 14.7. The number of ketones is 1. The molecule has 4 bridgehead atoms. The molecular weight excluding hydrogens is 1290 g/mol. The molecule has 6 fully saturated rings. The molecule has 0 spiro atoms. The summed E-state index contributed by atoms with van der Waals surface area (Å²) < 4.78 is 45.9. The first-order valence-corrected chi connectivity index (χ1v) is 37.0. The van der Waals surface area contributed by atoms with Gasteiger partial charge in [0.15, 0.2) is 10.9 Å². The highest BCUT2D eigenvalue weighted by Gasteiger charge is 2.66. The molecule has 4 saturated carbocycles. The maximum Gasteiger partial charge on any atom is 0.283 e. The Morgan fingerprint density at radius 1 is 0.856 bits per heavy atom. The fourth-order valence-corrected chi connectivity index (χ4v) is 19.4. The molecule has 6 aliphatic rings. The Labute approximate surface area is 574 Å².